The Balaban J connectivity index is 1.28. The van der Waals surface area contributed by atoms with Crippen molar-refractivity contribution in [2.24, 2.45) is 7.05 Å². The predicted octanol–water partition coefficient (Wildman–Crippen LogP) is 1.93. The molecule has 0 unspecified atom stereocenters. The first kappa shape index (κ1) is 21.9. The summed E-state index contributed by atoms with van der Waals surface area (Å²) in [6.07, 6.45) is 2.31. The Hall–Kier alpha value is -3.57. The molecule has 0 radical (unpaired) electrons. The first-order valence-corrected chi connectivity index (χ1v) is 12.1. The molecule has 0 bridgehead atoms. The number of aromatic nitrogens is 7. The van der Waals surface area contributed by atoms with E-state index in [9.17, 15) is 0 Å². The maximum atomic E-state index is 6.30. The number of benzene rings is 1. The van der Waals surface area contributed by atoms with Gasteiger partial charge in [0.15, 0.2) is 23.1 Å². The van der Waals surface area contributed by atoms with Gasteiger partial charge in [0.25, 0.3) is 5.88 Å². The zero-order valence-electron chi connectivity index (χ0n) is 19.9. The second-order valence-electron chi connectivity index (χ2n) is 8.93. The van der Waals surface area contributed by atoms with Gasteiger partial charge in [0.1, 0.15) is 12.3 Å². The third-order valence-corrected chi connectivity index (χ3v) is 6.52. The van der Waals surface area contributed by atoms with Gasteiger partial charge in [-0.15, -0.1) is 15.3 Å². The summed E-state index contributed by atoms with van der Waals surface area (Å²) in [5, 5.41) is 18.2. The average Bonchev–Trinajstić information content (AvgIpc) is 3.63. The van der Waals surface area contributed by atoms with Crippen molar-refractivity contribution in [3.8, 4) is 17.3 Å². The van der Waals surface area contributed by atoms with Gasteiger partial charge in [-0.25, -0.2) is 9.67 Å². The first-order chi connectivity index (χ1) is 17.2. The number of ether oxygens (including phenoxy) is 2. The van der Waals surface area contributed by atoms with Crippen LogP contribution in [0.4, 0.5) is 5.69 Å². The number of hydrogen-bond donors (Lipinski definition) is 0. The van der Waals surface area contributed by atoms with E-state index in [1.54, 1.807) is 9.20 Å². The molecule has 0 spiro atoms. The number of hydrogen-bond acceptors (Lipinski definition) is 9. The summed E-state index contributed by atoms with van der Waals surface area (Å²) < 4.78 is 15.3. The lowest BCUT2D eigenvalue weighted by atomic mass is 10.2. The maximum Gasteiger partial charge on any atom is 0.256 e. The Morgan fingerprint density at radius 3 is 2.57 bits per heavy atom. The summed E-state index contributed by atoms with van der Waals surface area (Å²) in [4.78, 5) is 9.35. The fourth-order valence-corrected chi connectivity index (χ4v) is 4.62. The van der Waals surface area contributed by atoms with Crippen LogP contribution in [0.5, 0.6) is 5.88 Å². The minimum Gasteiger partial charge on any atom is -0.467 e. The molecule has 1 aromatic carbocycles. The summed E-state index contributed by atoms with van der Waals surface area (Å²) in [5.41, 5.74) is 2.59. The Labute approximate surface area is 203 Å². The summed E-state index contributed by atoms with van der Waals surface area (Å²) in [6, 6.07) is 12.0. The van der Waals surface area contributed by atoms with E-state index >= 15 is 0 Å². The number of rotatable bonds is 7. The molecule has 0 amide bonds. The van der Waals surface area contributed by atoms with E-state index in [-0.39, 0.29) is 6.61 Å². The zero-order valence-corrected chi connectivity index (χ0v) is 19.9. The largest absolute Gasteiger partial charge is 0.467 e. The molecule has 2 aliphatic rings. The molecule has 0 N–H and O–H groups in total. The van der Waals surface area contributed by atoms with Crippen molar-refractivity contribution < 1.29 is 9.47 Å². The molecule has 0 aliphatic carbocycles. The van der Waals surface area contributed by atoms with Crippen LogP contribution in [0, 0.1) is 0 Å². The highest BCUT2D eigenvalue weighted by Gasteiger charge is 2.22. The number of anilines is 1. The number of morpholine rings is 1. The summed E-state index contributed by atoms with van der Waals surface area (Å²) in [7, 11) is 1.90. The molecule has 0 saturated carbocycles. The second kappa shape index (κ2) is 9.59. The molecule has 11 heteroatoms. The third kappa shape index (κ3) is 4.56. The van der Waals surface area contributed by atoms with Gasteiger partial charge in [-0.3, -0.25) is 4.90 Å². The molecule has 2 aliphatic heterocycles. The van der Waals surface area contributed by atoms with E-state index < -0.39 is 0 Å². The standard InChI is InChI=1S/C24H29N9O2/c1-30-22(25-20(28-30)16-31-11-13-34-14-12-31)17-35-24-19(32-9-5-6-10-32)15-21-26-27-23(33(21)29-24)18-7-3-2-4-8-18/h2-4,7-8,15H,5-6,9-14,16-17H2,1H3. The Morgan fingerprint density at radius 1 is 0.971 bits per heavy atom. The van der Waals surface area contributed by atoms with Crippen molar-refractivity contribution in [1.29, 1.82) is 0 Å². The van der Waals surface area contributed by atoms with Gasteiger partial charge in [0, 0.05) is 44.9 Å². The topological polar surface area (TPSA) is 98.7 Å². The van der Waals surface area contributed by atoms with Crippen LogP contribution in [-0.2, 0) is 24.9 Å². The number of nitrogens with zero attached hydrogens (tertiary/aromatic N) is 9. The van der Waals surface area contributed by atoms with Crippen molar-refractivity contribution >= 4 is 11.3 Å². The van der Waals surface area contributed by atoms with Crippen LogP contribution >= 0.6 is 0 Å². The predicted molar refractivity (Wildman–Crippen MR) is 129 cm³/mol. The van der Waals surface area contributed by atoms with Crippen molar-refractivity contribution in [2.75, 3.05) is 44.3 Å². The molecular weight excluding hydrogens is 446 g/mol. The van der Waals surface area contributed by atoms with Gasteiger partial charge in [-0.2, -0.15) is 9.61 Å². The van der Waals surface area contributed by atoms with Gasteiger partial charge in [-0.1, -0.05) is 30.3 Å². The smallest absolute Gasteiger partial charge is 0.256 e. The highest BCUT2D eigenvalue weighted by Crippen LogP contribution is 2.31. The van der Waals surface area contributed by atoms with Crippen LogP contribution in [0.2, 0.25) is 0 Å². The van der Waals surface area contributed by atoms with E-state index in [1.165, 1.54) is 0 Å². The van der Waals surface area contributed by atoms with Crippen molar-refractivity contribution in [3.63, 3.8) is 0 Å². The summed E-state index contributed by atoms with van der Waals surface area (Å²) in [6.45, 7) is 6.24. The first-order valence-electron chi connectivity index (χ1n) is 12.1. The van der Waals surface area contributed by atoms with Crippen molar-refractivity contribution in [1.82, 2.24) is 39.5 Å². The zero-order chi connectivity index (χ0) is 23.6. The molecule has 6 rings (SSSR count). The fraction of sp³-hybridized carbons (Fsp3) is 0.458. The van der Waals surface area contributed by atoms with E-state index in [0.717, 1.165) is 75.1 Å². The van der Waals surface area contributed by atoms with Gasteiger partial charge < -0.3 is 14.4 Å². The molecule has 3 aromatic heterocycles. The fourth-order valence-electron chi connectivity index (χ4n) is 4.62. The lowest BCUT2D eigenvalue weighted by molar-refractivity contribution is 0.0330. The molecule has 0 atom stereocenters. The minimum atomic E-state index is 0.273. The number of fused-ring (bicyclic) bond motifs is 1. The maximum absolute atomic E-state index is 6.30. The highest BCUT2D eigenvalue weighted by atomic mass is 16.5. The monoisotopic (exact) mass is 475 g/mol. The molecule has 11 nitrogen and oxygen atoms in total. The third-order valence-electron chi connectivity index (χ3n) is 6.52. The van der Waals surface area contributed by atoms with E-state index in [2.05, 4.69) is 25.1 Å². The number of aryl methyl sites for hydroxylation is 1. The highest BCUT2D eigenvalue weighted by molar-refractivity contribution is 5.65. The molecule has 5 heterocycles. The van der Waals surface area contributed by atoms with Crippen LogP contribution in [0.3, 0.4) is 0 Å². The normalized spacial score (nSPS) is 16.9. The molecule has 2 fully saturated rings. The molecular formula is C24H29N9O2. The van der Waals surface area contributed by atoms with Gasteiger partial charge >= 0.3 is 0 Å². The second-order valence-corrected chi connectivity index (χ2v) is 8.93. The van der Waals surface area contributed by atoms with Crippen LogP contribution in [0.15, 0.2) is 36.4 Å². The Kier molecular flexibility index (Phi) is 6.01. The van der Waals surface area contributed by atoms with Gasteiger partial charge in [0.05, 0.1) is 19.8 Å². The SMILES string of the molecule is Cn1nc(CN2CCOCC2)nc1COc1nn2c(-c3ccccc3)nnc2cc1N1CCCC1. The minimum absolute atomic E-state index is 0.273. The Bertz CT molecular complexity index is 1290. The van der Waals surface area contributed by atoms with Crippen molar-refractivity contribution in [2.45, 2.75) is 26.0 Å². The van der Waals surface area contributed by atoms with Crippen LogP contribution in [-0.4, -0.2) is 78.9 Å². The molecule has 35 heavy (non-hydrogen) atoms. The van der Waals surface area contributed by atoms with Gasteiger partial charge in [0.2, 0.25) is 0 Å². The quantitative estimate of drug-likeness (QED) is 0.397. The summed E-state index contributed by atoms with van der Waals surface area (Å²) >= 11 is 0. The van der Waals surface area contributed by atoms with Gasteiger partial charge in [-0.05, 0) is 12.8 Å². The van der Waals surface area contributed by atoms with E-state index in [0.29, 0.717) is 23.9 Å². The average molecular weight is 476 g/mol. The van der Waals surface area contributed by atoms with Crippen molar-refractivity contribution in [3.05, 3.63) is 48.0 Å². The molecule has 2 saturated heterocycles. The van der Waals surface area contributed by atoms with E-state index in [4.69, 9.17) is 19.6 Å². The summed E-state index contributed by atoms with van der Waals surface area (Å²) in [5.74, 6) is 2.79. The Morgan fingerprint density at radius 2 is 1.77 bits per heavy atom. The van der Waals surface area contributed by atoms with Crippen LogP contribution in [0.1, 0.15) is 24.5 Å². The molecule has 4 aromatic rings. The van der Waals surface area contributed by atoms with Crippen LogP contribution in [0.25, 0.3) is 17.0 Å². The molecule has 182 valence electrons. The lowest BCUT2D eigenvalue weighted by Crippen LogP contribution is -2.36. The lowest BCUT2D eigenvalue weighted by Gasteiger charge is -2.25. The van der Waals surface area contributed by atoms with Crippen LogP contribution < -0.4 is 9.64 Å². The van der Waals surface area contributed by atoms with E-state index in [1.807, 2.05) is 43.4 Å².